The number of hydrogen-bond acceptors (Lipinski definition) is 5. The average molecular weight is 366 g/mol. The van der Waals surface area contributed by atoms with Gasteiger partial charge in [-0.3, -0.25) is 14.8 Å². The number of pyridine rings is 1. The van der Waals surface area contributed by atoms with Crippen molar-refractivity contribution in [3.63, 3.8) is 0 Å². The van der Waals surface area contributed by atoms with Crippen molar-refractivity contribution in [1.82, 2.24) is 20.2 Å². The molecular weight excluding hydrogens is 344 g/mol. The molecule has 4 rings (SSSR count). The van der Waals surface area contributed by atoms with Gasteiger partial charge in [-0.1, -0.05) is 19.1 Å². The molecule has 3 aromatic rings. The van der Waals surface area contributed by atoms with Crippen molar-refractivity contribution in [3.05, 3.63) is 63.9 Å². The Morgan fingerprint density at radius 1 is 1.37 bits per heavy atom. The molecule has 1 saturated heterocycles. The second kappa shape index (κ2) is 7.00. The van der Waals surface area contributed by atoms with E-state index in [4.69, 9.17) is 4.42 Å². The van der Waals surface area contributed by atoms with Crippen molar-refractivity contribution in [2.45, 2.75) is 26.4 Å². The minimum atomic E-state index is -0.550. The topological polar surface area (TPSA) is 91.2 Å². The first-order chi connectivity index (χ1) is 13.0. The number of fused-ring (bicyclic) bond motifs is 1. The molecule has 27 heavy (non-hydrogen) atoms. The van der Waals surface area contributed by atoms with Crippen LogP contribution in [0.2, 0.25) is 0 Å². The summed E-state index contributed by atoms with van der Waals surface area (Å²) in [4.78, 5) is 33.1. The Morgan fingerprint density at radius 3 is 3.04 bits per heavy atom. The van der Waals surface area contributed by atoms with E-state index in [2.05, 4.69) is 28.3 Å². The van der Waals surface area contributed by atoms with Crippen LogP contribution in [0.4, 0.5) is 0 Å². The highest BCUT2D eigenvalue weighted by Gasteiger charge is 2.33. The number of nitrogens with one attached hydrogen (secondary N) is 2. The number of rotatable bonds is 4. The van der Waals surface area contributed by atoms with Gasteiger partial charge in [0, 0.05) is 38.1 Å². The van der Waals surface area contributed by atoms with Gasteiger partial charge in [0.1, 0.15) is 0 Å². The van der Waals surface area contributed by atoms with Crippen molar-refractivity contribution in [2.75, 3.05) is 13.1 Å². The predicted octanol–water partition coefficient (Wildman–Crippen LogP) is 2.07. The van der Waals surface area contributed by atoms with Crippen molar-refractivity contribution in [3.8, 4) is 0 Å². The molecule has 0 radical (unpaired) electrons. The van der Waals surface area contributed by atoms with Gasteiger partial charge in [-0.25, -0.2) is 4.79 Å². The number of oxazole rings is 1. The Kier molecular flexibility index (Phi) is 4.53. The van der Waals surface area contributed by atoms with Crippen LogP contribution >= 0.6 is 0 Å². The smallest absolute Gasteiger partial charge is 0.407 e. The van der Waals surface area contributed by atoms with E-state index in [-0.39, 0.29) is 11.9 Å². The third-order valence-corrected chi connectivity index (χ3v) is 5.08. The minimum Gasteiger partial charge on any atom is -0.407 e. The van der Waals surface area contributed by atoms with Crippen LogP contribution in [0.15, 0.2) is 45.9 Å². The number of aryl methyl sites for hydroxylation is 1. The number of aromatic nitrogens is 2. The molecule has 0 bridgehead atoms. The molecule has 2 N–H and O–H groups in total. The summed E-state index contributed by atoms with van der Waals surface area (Å²) in [5.74, 6) is -0.341. The number of para-hydroxylation sites is 1. The van der Waals surface area contributed by atoms with E-state index in [1.165, 1.54) is 0 Å². The molecule has 0 spiro atoms. The van der Waals surface area contributed by atoms with Crippen LogP contribution in [0, 0.1) is 12.8 Å². The van der Waals surface area contributed by atoms with Gasteiger partial charge in [0.05, 0.1) is 11.1 Å². The van der Waals surface area contributed by atoms with Gasteiger partial charge in [-0.2, -0.15) is 0 Å². The van der Waals surface area contributed by atoms with Gasteiger partial charge in [0.25, 0.3) is 5.91 Å². The lowest BCUT2D eigenvalue weighted by Crippen LogP contribution is -2.36. The summed E-state index contributed by atoms with van der Waals surface area (Å²) >= 11 is 0. The van der Waals surface area contributed by atoms with Crippen molar-refractivity contribution < 1.29 is 9.21 Å². The molecule has 1 amide bonds. The first-order valence-electron chi connectivity index (χ1n) is 9.06. The molecule has 3 heterocycles. The Morgan fingerprint density at radius 2 is 2.22 bits per heavy atom. The van der Waals surface area contributed by atoms with Crippen molar-refractivity contribution in [2.24, 2.45) is 5.92 Å². The van der Waals surface area contributed by atoms with Crippen LogP contribution in [0.3, 0.4) is 0 Å². The number of benzene rings is 1. The molecule has 7 heteroatoms. The molecule has 1 aliphatic heterocycles. The largest absolute Gasteiger partial charge is 0.417 e. The first-order valence-corrected chi connectivity index (χ1v) is 9.06. The standard InChI is InChI=1S/C20H22N4O3/c1-12-6-14(8-21-7-12)9-22-17-11-24(10-13(17)2)19(25)15-4-3-5-16-18(15)27-20(26)23-16/h3-8,13,17,22H,9-11H2,1-2H3,(H,23,26)/t13-,17-/m1/s1. The van der Waals surface area contributed by atoms with Gasteiger partial charge >= 0.3 is 5.76 Å². The number of hydrogen-bond donors (Lipinski definition) is 2. The number of likely N-dealkylation sites (tertiary alicyclic amines) is 1. The summed E-state index contributed by atoms with van der Waals surface area (Å²) in [5.41, 5.74) is 3.54. The van der Waals surface area contributed by atoms with Gasteiger partial charge in [-0.05, 0) is 36.1 Å². The molecule has 2 atom stereocenters. The SMILES string of the molecule is Cc1cncc(CN[C@@H]2CN(C(=O)c3cccc4[nH]c(=O)oc34)C[C@H]2C)c1. The highest BCUT2D eigenvalue weighted by Crippen LogP contribution is 2.23. The van der Waals surface area contributed by atoms with Gasteiger partial charge in [0.15, 0.2) is 5.58 Å². The van der Waals surface area contributed by atoms with Crippen LogP contribution in [-0.4, -0.2) is 39.9 Å². The number of amides is 1. The molecule has 7 nitrogen and oxygen atoms in total. The Balaban J connectivity index is 1.47. The van der Waals surface area contributed by atoms with Gasteiger partial charge < -0.3 is 14.6 Å². The average Bonchev–Trinajstić information content (AvgIpc) is 3.20. The fourth-order valence-corrected chi connectivity index (χ4v) is 3.67. The molecule has 140 valence electrons. The highest BCUT2D eigenvalue weighted by molar-refractivity contribution is 6.04. The maximum atomic E-state index is 13.0. The fourth-order valence-electron chi connectivity index (χ4n) is 3.67. The van der Waals surface area contributed by atoms with Crippen molar-refractivity contribution in [1.29, 1.82) is 0 Å². The normalized spacial score (nSPS) is 19.7. The second-order valence-corrected chi connectivity index (χ2v) is 7.24. The quantitative estimate of drug-likeness (QED) is 0.738. The predicted molar refractivity (Wildman–Crippen MR) is 102 cm³/mol. The third-order valence-electron chi connectivity index (χ3n) is 5.08. The molecule has 0 unspecified atom stereocenters. The number of nitrogens with zero attached hydrogens (tertiary/aromatic N) is 2. The Labute approximate surface area is 156 Å². The summed E-state index contributed by atoms with van der Waals surface area (Å²) in [7, 11) is 0. The van der Waals surface area contributed by atoms with Crippen LogP contribution < -0.4 is 11.1 Å². The number of aromatic amines is 1. The molecule has 1 fully saturated rings. The number of H-pyrrole nitrogens is 1. The molecular formula is C20H22N4O3. The highest BCUT2D eigenvalue weighted by atomic mass is 16.4. The van der Waals surface area contributed by atoms with E-state index in [1.54, 1.807) is 18.2 Å². The van der Waals surface area contributed by atoms with Crippen LogP contribution in [-0.2, 0) is 6.54 Å². The lowest BCUT2D eigenvalue weighted by Gasteiger charge is -2.17. The zero-order valence-corrected chi connectivity index (χ0v) is 15.4. The van der Waals surface area contributed by atoms with Crippen LogP contribution in [0.25, 0.3) is 11.1 Å². The molecule has 0 aliphatic carbocycles. The molecule has 0 saturated carbocycles. The maximum absolute atomic E-state index is 13.0. The number of carbonyl (C=O) groups is 1. The van der Waals surface area contributed by atoms with E-state index in [1.807, 2.05) is 24.2 Å². The van der Waals surface area contributed by atoms with E-state index < -0.39 is 5.76 Å². The summed E-state index contributed by atoms with van der Waals surface area (Å²) < 4.78 is 5.17. The zero-order chi connectivity index (χ0) is 19.0. The van der Waals surface area contributed by atoms with E-state index in [9.17, 15) is 9.59 Å². The summed E-state index contributed by atoms with van der Waals surface area (Å²) in [6.45, 7) is 6.15. The minimum absolute atomic E-state index is 0.114. The van der Waals surface area contributed by atoms with Crippen molar-refractivity contribution >= 4 is 17.0 Å². The Bertz CT molecular complexity index is 1040. The lowest BCUT2D eigenvalue weighted by molar-refractivity contribution is 0.0786. The summed E-state index contributed by atoms with van der Waals surface area (Å²) in [6, 6.07) is 7.49. The van der Waals surface area contributed by atoms with Crippen LogP contribution in [0.1, 0.15) is 28.4 Å². The summed E-state index contributed by atoms with van der Waals surface area (Å²) in [6.07, 6.45) is 3.69. The Hall–Kier alpha value is -2.93. The molecule has 1 aliphatic rings. The zero-order valence-electron chi connectivity index (χ0n) is 15.4. The lowest BCUT2D eigenvalue weighted by atomic mass is 10.1. The van der Waals surface area contributed by atoms with Crippen LogP contribution in [0.5, 0.6) is 0 Å². The number of carbonyl (C=O) groups excluding carboxylic acids is 1. The van der Waals surface area contributed by atoms with E-state index in [0.717, 1.165) is 11.1 Å². The monoisotopic (exact) mass is 366 g/mol. The van der Waals surface area contributed by atoms with E-state index in [0.29, 0.717) is 42.2 Å². The van der Waals surface area contributed by atoms with Gasteiger partial charge in [0.2, 0.25) is 0 Å². The van der Waals surface area contributed by atoms with Gasteiger partial charge in [-0.15, -0.1) is 0 Å². The molecule has 1 aromatic carbocycles. The maximum Gasteiger partial charge on any atom is 0.417 e. The van der Waals surface area contributed by atoms with E-state index >= 15 is 0 Å². The first kappa shape index (κ1) is 17.5. The third kappa shape index (κ3) is 3.50. The summed E-state index contributed by atoms with van der Waals surface area (Å²) in [5, 5.41) is 3.54. The fraction of sp³-hybridized carbons (Fsp3) is 0.350. The molecule has 2 aromatic heterocycles. The second-order valence-electron chi connectivity index (χ2n) is 7.24.